The summed E-state index contributed by atoms with van der Waals surface area (Å²) in [6, 6.07) is 5.43. The Morgan fingerprint density at radius 3 is 2.76 bits per heavy atom. The van der Waals surface area contributed by atoms with Gasteiger partial charge in [-0.1, -0.05) is 23.2 Å². The molecule has 0 aliphatic rings. The quantitative estimate of drug-likeness (QED) is 0.643. The molecule has 0 N–H and O–H groups in total. The Morgan fingerprint density at radius 2 is 2.06 bits per heavy atom. The third-order valence-corrected chi connectivity index (χ3v) is 3.74. The van der Waals surface area contributed by atoms with Crippen molar-refractivity contribution < 1.29 is 0 Å². The maximum absolute atomic E-state index is 5.92. The van der Waals surface area contributed by atoms with E-state index in [2.05, 4.69) is 15.2 Å². The molecule has 17 heavy (non-hydrogen) atoms. The van der Waals surface area contributed by atoms with Crippen molar-refractivity contribution in [3.63, 3.8) is 0 Å². The van der Waals surface area contributed by atoms with Crippen molar-refractivity contribution in [2.75, 3.05) is 0 Å². The zero-order valence-electron chi connectivity index (χ0n) is 8.69. The highest BCUT2D eigenvalue weighted by molar-refractivity contribution is 7.19. The van der Waals surface area contributed by atoms with Crippen molar-refractivity contribution in [3.8, 4) is 10.7 Å². The van der Waals surface area contributed by atoms with Gasteiger partial charge in [0.2, 0.25) is 0 Å². The van der Waals surface area contributed by atoms with Crippen LogP contribution in [0.4, 0.5) is 0 Å². The van der Waals surface area contributed by atoms with Gasteiger partial charge in [0, 0.05) is 6.07 Å². The fraction of sp³-hybridized carbons (Fsp3) is 0.100. The van der Waals surface area contributed by atoms with Crippen LogP contribution >= 0.6 is 34.5 Å². The summed E-state index contributed by atoms with van der Waals surface area (Å²) in [5.74, 6) is 1.48. The number of fused-ring (bicyclic) bond motifs is 1. The van der Waals surface area contributed by atoms with Crippen LogP contribution < -0.4 is 0 Å². The molecule has 7 heteroatoms. The lowest BCUT2D eigenvalue weighted by Crippen LogP contribution is -1.97. The van der Waals surface area contributed by atoms with Crippen molar-refractivity contribution in [1.82, 2.24) is 19.6 Å². The van der Waals surface area contributed by atoms with Crippen LogP contribution in [0.1, 0.15) is 5.82 Å². The van der Waals surface area contributed by atoms with Crippen LogP contribution in [0.2, 0.25) is 9.49 Å². The Labute approximate surface area is 111 Å². The van der Waals surface area contributed by atoms with Gasteiger partial charge in [0.25, 0.3) is 0 Å². The molecule has 0 radical (unpaired) electrons. The molecule has 0 spiro atoms. The lowest BCUT2D eigenvalue weighted by molar-refractivity contribution is 0.991. The molecule has 0 aliphatic carbocycles. The van der Waals surface area contributed by atoms with Crippen LogP contribution in [0.25, 0.3) is 16.3 Å². The van der Waals surface area contributed by atoms with Gasteiger partial charge in [-0.15, -0.1) is 21.5 Å². The van der Waals surface area contributed by atoms with Crippen molar-refractivity contribution in [1.29, 1.82) is 0 Å². The fourth-order valence-electron chi connectivity index (χ4n) is 1.65. The highest BCUT2D eigenvalue weighted by Gasteiger charge is 2.13. The molecule has 0 atom stereocenters. The first-order valence-corrected chi connectivity index (χ1v) is 6.36. The summed E-state index contributed by atoms with van der Waals surface area (Å²) < 4.78 is 2.57. The molecular weight excluding hydrogens is 279 g/mol. The van der Waals surface area contributed by atoms with Gasteiger partial charge in [0.15, 0.2) is 11.5 Å². The van der Waals surface area contributed by atoms with E-state index >= 15 is 0 Å². The summed E-state index contributed by atoms with van der Waals surface area (Å²) >= 11 is 13.2. The van der Waals surface area contributed by atoms with Crippen LogP contribution in [0.15, 0.2) is 18.2 Å². The highest BCUT2D eigenvalue weighted by Crippen LogP contribution is 2.30. The van der Waals surface area contributed by atoms with Crippen LogP contribution in [-0.2, 0) is 0 Å². The third kappa shape index (κ3) is 1.80. The number of hydrogen-bond donors (Lipinski definition) is 0. The fourth-order valence-corrected chi connectivity index (χ4v) is 2.88. The summed E-state index contributed by atoms with van der Waals surface area (Å²) in [6.07, 6.45) is 0. The molecule has 4 nitrogen and oxygen atoms in total. The molecule has 0 fully saturated rings. The first-order valence-electron chi connectivity index (χ1n) is 4.79. The Morgan fingerprint density at radius 1 is 1.24 bits per heavy atom. The molecule has 3 heterocycles. The van der Waals surface area contributed by atoms with E-state index in [0.29, 0.717) is 10.8 Å². The molecule has 0 saturated carbocycles. The molecule has 0 aliphatic heterocycles. The standard InChI is InChI=1S/C10H6Cl2N4S/c1-5-13-7(11)4-9-14-15-10(16(5)9)6-2-3-8(12)17-6/h2-4H,1H3. The Hall–Kier alpha value is -1.17. The Bertz CT molecular complexity index is 703. The minimum Gasteiger partial charge on any atom is -0.262 e. The average Bonchev–Trinajstić information content (AvgIpc) is 2.83. The molecule has 0 bridgehead atoms. The molecule has 0 amide bonds. The van der Waals surface area contributed by atoms with Crippen LogP contribution in [0.3, 0.4) is 0 Å². The minimum atomic E-state index is 0.415. The van der Waals surface area contributed by atoms with Gasteiger partial charge >= 0.3 is 0 Å². The second-order valence-corrected chi connectivity index (χ2v) is 5.55. The molecule has 86 valence electrons. The molecule has 0 saturated heterocycles. The molecule has 0 unspecified atom stereocenters. The normalized spacial score (nSPS) is 11.2. The van der Waals surface area contributed by atoms with Gasteiger partial charge in [-0.3, -0.25) is 4.40 Å². The smallest absolute Gasteiger partial charge is 0.179 e. The maximum atomic E-state index is 5.92. The summed E-state index contributed by atoms with van der Waals surface area (Å²) in [7, 11) is 0. The highest BCUT2D eigenvalue weighted by atomic mass is 35.5. The summed E-state index contributed by atoms with van der Waals surface area (Å²) in [6.45, 7) is 1.86. The van der Waals surface area contributed by atoms with E-state index in [0.717, 1.165) is 20.9 Å². The molecule has 0 aromatic carbocycles. The average molecular weight is 285 g/mol. The van der Waals surface area contributed by atoms with Gasteiger partial charge in [-0.2, -0.15) is 0 Å². The van der Waals surface area contributed by atoms with Gasteiger partial charge in [-0.25, -0.2) is 4.98 Å². The van der Waals surface area contributed by atoms with Crippen LogP contribution in [0, 0.1) is 6.92 Å². The van der Waals surface area contributed by atoms with E-state index in [9.17, 15) is 0 Å². The summed E-state index contributed by atoms with van der Waals surface area (Å²) in [5.41, 5.74) is 0.682. The minimum absolute atomic E-state index is 0.415. The van der Waals surface area contributed by atoms with E-state index in [1.165, 1.54) is 11.3 Å². The molecule has 3 aromatic rings. The second kappa shape index (κ2) is 3.94. The van der Waals surface area contributed by atoms with Gasteiger partial charge < -0.3 is 0 Å². The Balaban J connectivity index is 2.31. The van der Waals surface area contributed by atoms with Gasteiger partial charge in [0.05, 0.1) is 9.21 Å². The van der Waals surface area contributed by atoms with Gasteiger partial charge in [0.1, 0.15) is 11.0 Å². The lowest BCUT2D eigenvalue weighted by atomic mass is 10.4. The number of halogens is 2. The Kier molecular flexibility index (Phi) is 2.54. The number of nitrogens with zero attached hydrogens (tertiary/aromatic N) is 4. The van der Waals surface area contributed by atoms with E-state index in [1.54, 1.807) is 6.07 Å². The zero-order chi connectivity index (χ0) is 12.0. The number of aromatic nitrogens is 4. The number of thiophene rings is 1. The molecule has 3 aromatic heterocycles. The second-order valence-electron chi connectivity index (χ2n) is 3.45. The van der Waals surface area contributed by atoms with Crippen molar-refractivity contribution in [2.45, 2.75) is 6.92 Å². The number of rotatable bonds is 1. The van der Waals surface area contributed by atoms with E-state index in [1.807, 2.05) is 23.5 Å². The third-order valence-electron chi connectivity index (χ3n) is 2.32. The first kappa shape index (κ1) is 11.0. The predicted octanol–water partition coefficient (Wildman–Crippen LogP) is 3.47. The summed E-state index contributed by atoms with van der Waals surface area (Å²) in [4.78, 5) is 5.14. The lowest BCUT2D eigenvalue weighted by Gasteiger charge is -2.01. The number of aryl methyl sites for hydroxylation is 1. The topological polar surface area (TPSA) is 43.1 Å². The van der Waals surface area contributed by atoms with Crippen molar-refractivity contribution in [3.05, 3.63) is 33.5 Å². The zero-order valence-corrected chi connectivity index (χ0v) is 11.0. The van der Waals surface area contributed by atoms with E-state index in [4.69, 9.17) is 23.2 Å². The molecule has 3 rings (SSSR count). The maximum Gasteiger partial charge on any atom is 0.179 e. The SMILES string of the molecule is Cc1nc(Cl)cc2nnc(-c3ccc(Cl)s3)n12. The van der Waals surface area contributed by atoms with Crippen molar-refractivity contribution >= 4 is 40.2 Å². The monoisotopic (exact) mass is 284 g/mol. The number of hydrogen-bond acceptors (Lipinski definition) is 4. The van der Waals surface area contributed by atoms with Crippen molar-refractivity contribution in [2.24, 2.45) is 0 Å². The molecular formula is C10H6Cl2N4S. The van der Waals surface area contributed by atoms with Crippen LogP contribution in [0.5, 0.6) is 0 Å². The van der Waals surface area contributed by atoms with Crippen LogP contribution in [-0.4, -0.2) is 19.6 Å². The summed E-state index contributed by atoms with van der Waals surface area (Å²) in [5, 5.41) is 8.64. The van der Waals surface area contributed by atoms with E-state index < -0.39 is 0 Å². The van der Waals surface area contributed by atoms with E-state index in [-0.39, 0.29) is 0 Å². The van der Waals surface area contributed by atoms with Gasteiger partial charge in [-0.05, 0) is 19.1 Å². The largest absolute Gasteiger partial charge is 0.262 e. The predicted molar refractivity (Wildman–Crippen MR) is 68.9 cm³/mol. The first-order chi connectivity index (χ1) is 8.15.